The summed E-state index contributed by atoms with van der Waals surface area (Å²) in [6, 6.07) is 9.29. The van der Waals surface area contributed by atoms with Gasteiger partial charge in [0.1, 0.15) is 11.4 Å². The Morgan fingerprint density at radius 2 is 2.05 bits per heavy atom. The highest BCUT2D eigenvalue weighted by Gasteiger charge is 2.11. The molecule has 0 aliphatic carbocycles. The van der Waals surface area contributed by atoms with Gasteiger partial charge in [-0.2, -0.15) is 0 Å². The highest BCUT2D eigenvalue weighted by molar-refractivity contribution is 6.31. The number of para-hydroxylation sites is 2. The molecular formula is C14H10ClN2O4-. The quantitative estimate of drug-likeness (QED) is 0.493. The van der Waals surface area contributed by atoms with Crippen molar-refractivity contribution < 1.29 is 14.8 Å². The number of hydrogen-bond acceptors (Lipinski definition) is 5. The number of nitro groups is 1. The minimum Gasteiger partial charge on any atom is -0.867 e. The molecule has 0 atom stereocenters. The Morgan fingerprint density at radius 1 is 1.33 bits per heavy atom. The SMILES string of the molecule is COc1ccccc1N=Cc1cc(Cl)cc([N+](=O)[O-])c1[O-]. The van der Waals surface area contributed by atoms with Gasteiger partial charge < -0.3 is 9.84 Å². The van der Waals surface area contributed by atoms with E-state index in [1.54, 1.807) is 24.3 Å². The largest absolute Gasteiger partial charge is 0.867 e. The van der Waals surface area contributed by atoms with Gasteiger partial charge in [-0.25, -0.2) is 0 Å². The second-order valence-corrected chi connectivity index (χ2v) is 4.47. The normalized spacial score (nSPS) is 10.8. The third kappa shape index (κ3) is 3.29. The molecule has 2 aromatic carbocycles. The van der Waals surface area contributed by atoms with E-state index in [-0.39, 0.29) is 10.6 Å². The number of benzene rings is 2. The van der Waals surface area contributed by atoms with Crippen LogP contribution in [0.3, 0.4) is 0 Å². The van der Waals surface area contributed by atoms with Crippen LogP contribution in [0.25, 0.3) is 0 Å². The number of nitrogens with zero attached hydrogens (tertiary/aromatic N) is 2. The Hall–Kier alpha value is -2.60. The molecule has 0 aliphatic heterocycles. The Balaban J connectivity index is 2.44. The van der Waals surface area contributed by atoms with Crippen LogP contribution in [0.15, 0.2) is 41.4 Å². The third-order valence-corrected chi connectivity index (χ3v) is 2.91. The highest BCUT2D eigenvalue weighted by atomic mass is 35.5. The number of nitro benzene ring substituents is 1. The smallest absolute Gasteiger partial charge is 0.263 e. The van der Waals surface area contributed by atoms with Gasteiger partial charge in [0.05, 0.1) is 12.0 Å². The summed E-state index contributed by atoms with van der Waals surface area (Å²) >= 11 is 5.78. The lowest BCUT2D eigenvalue weighted by atomic mass is 10.2. The third-order valence-electron chi connectivity index (χ3n) is 2.69. The predicted octanol–water partition coefficient (Wildman–Crippen LogP) is 3.08. The standard InChI is InChI=1S/C14H11ClN2O4/c1-21-13-5-3-2-4-11(13)16-8-9-6-10(15)7-12(14(9)18)17(19)20/h2-8,18H,1H3/p-1. The molecule has 0 spiro atoms. The van der Waals surface area contributed by atoms with Crippen LogP contribution in [0.1, 0.15) is 5.56 Å². The Bertz CT molecular complexity index is 716. The van der Waals surface area contributed by atoms with Crippen molar-refractivity contribution in [2.24, 2.45) is 4.99 Å². The van der Waals surface area contributed by atoms with Crippen LogP contribution >= 0.6 is 11.6 Å². The van der Waals surface area contributed by atoms with E-state index < -0.39 is 16.4 Å². The first-order chi connectivity index (χ1) is 10.0. The molecule has 108 valence electrons. The lowest BCUT2D eigenvalue weighted by molar-refractivity contribution is -0.398. The Morgan fingerprint density at radius 3 is 2.71 bits per heavy atom. The summed E-state index contributed by atoms with van der Waals surface area (Å²) in [5.74, 6) is -0.208. The van der Waals surface area contributed by atoms with Crippen molar-refractivity contribution in [1.82, 2.24) is 0 Å². The fraction of sp³-hybridized carbons (Fsp3) is 0.0714. The molecule has 2 aromatic rings. The molecule has 2 rings (SSSR count). The second kappa shape index (κ2) is 6.23. The van der Waals surface area contributed by atoms with Crippen molar-refractivity contribution in [3.63, 3.8) is 0 Å². The monoisotopic (exact) mass is 305 g/mol. The summed E-state index contributed by atoms with van der Waals surface area (Å²) in [5, 5.41) is 22.8. The second-order valence-electron chi connectivity index (χ2n) is 4.03. The van der Waals surface area contributed by atoms with E-state index in [1.165, 1.54) is 19.4 Å². The van der Waals surface area contributed by atoms with Crippen LogP contribution in [-0.4, -0.2) is 18.2 Å². The van der Waals surface area contributed by atoms with Crippen LogP contribution in [0, 0.1) is 10.1 Å². The lowest BCUT2D eigenvalue weighted by Crippen LogP contribution is -2.02. The number of hydrogen-bond donors (Lipinski definition) is 0. The van der Waals surface area contributed by atoms with E-state index in [1.807, 2.05) is 0 Å². The molecule has 0 fully saturated rings. The van der Waals surface area contributed by atoms with Crippen molar-refractivity contribution >= 4 is 29.2 Å². The van der Waals surface area contributed by atoms with E-state index in [4.69, 9.17) is 16.3 Å². The van der Waals surface area contributed by atoms with Gasteiger partial charge in [0, 0.05) is 17.3 Å². The van der Waals surface area contributed by atoms with Crippen molar-refractivity contribution in [2.75, 3.05) is 7.11 Å². The summed E-state index contributed by atoms with van der Waals surface area (Å²) < 4.78 is 5.12. The molecule has 0 radical (unpaired) electrons. The molecule has 7 heteroatoms. The van der Waals surface area contributed by atoms with E-state index in [0.29, 0.717) is 11.4 Å². The van der Waals surface area contributed by atoms with E-state index in [2.05, 4.69) is 4.99 Å². The molecule has 0 saturated carbocycles. The zero-order valence-electron chi connectivity index (χ0n) is 10.9. The topological polar surface area (TPSA) is 87.8 Å². The van der Waals surface area contributed by atoms with Gasteiger partial charge in [-0.1, -0.05) is 23.7 Å². The lowest BCUT2D eigenvalue weighted by Gasteiger charge is -2.11. The molecule has 0 heterocycles. The van der Waals surface area contributed by atoms with E-state index in [0.717, 1.165) is 6.07 Å². The van der Waals surface area contributed by atoms with Gasteiger partial charge in [-0.3, -0.25) is 15.1 Å². The molecule has 0 aromatic heterocycles. The molecular weight excluding hydrogens is 296 g/mol. The Kier molecular flexibility index (Phi) is 4.39. The molecule has 6 nitrogen and oxygen atoms in total. The van der Waals surface area contributed by atoms with Gasteiger partial charge in [0.2, 0.25) is 0 Å². The number of aliphatic imine (C=N–C) groups is 1. The summed E-state index contributed by atoms with van der Waals surface area (Å²) in [4.78, 5) is 14.1. The average molecular weight is 306 g/mol. The highest BCUT2D eigenvalue weighted by Crippen LogP contribution is 2.31. The maximum absolute atomic E-state index is 11.9. The molecule has 0 unspecified atom stereocenters. The number of ether oxygens (including phenoxy) is 1. The minimum atomic E-state index is -0.769. The number of rotatable bonds is 4. The van der Waals surface area contributed by atoms with Crippen LogP contribution in [-0.2, 0) is 0 Å². The molecule has 0 amide bonds. The zero-order valence-corrected chi connectivity index (χ0v) is 11.7. The van der Waals surface area contributed by atoms with Gasteiger partial charge in [0.15, 0.2) is 0 Å². The number of halogens is 1. The molecule has 0 bridgehead atoms. The van der Waals surface area contributed by atoms with Crippen LogP contribution in [0.5, 0.6) is 11.5 Å². The summed E-state index contributed by atoms with van der Waals surface area (Å²) in [6.07, 6.45) is 1.24. The number of methoxy groups -OCH3 is 1. The minimum absolute atomic E-state index is 0.0418. The van der Waals surface area contributed by atoms with Crippen LogP contribution in [0.4, 0.5) is 11.4 Å². The fourth-order valence-corrected chi connectivity index (χ4v) is 1.93. The zero-order chi connectivity index (χ0) is 15.4. The van der Waals surface area contributed by atoms with Crippen molar-refractivity contribution in [3.8, 4) is 11.5 Å². The van der Waals surface area contributed by atoms with E-state index in [9.17, 15) is 15.2 Å². The van der Waals surface area contributed by atoms with Crippen molar-refractivity contribution in [2.45, 2.75) is 0 Å². The fourth-order valence-electron chi connectivity index (χ4n) is 1.71. The molecule has 0 aliphatic rings. The van der Waals surface area contributed by atoms with Crippen molar-refractivity contribution in [1.29, 1.82) is 0 Å². The van der Waals surface area contributed by atoms with Crippen molar-refractivity contribution in [3.05, 3.63) is 57.1 Å². The van der Waals surface area contributed by atoms with Crippen LogP contribution in [0.2, 0.25) is 5.02 Å². The maximum Gasteiger partial charge on any atom is 0.263 e. The van der Waals surface area contributed by atoms with Gasteiger partial charge in [0.25, 0.3) is 5.69 Å². The molecule has 0 N–H and O–H groups in total. The first kappa shape index (κ1) is 14.8. The predicted molar refractivity (Wildman–Crippen MR) is 77.8 cm³/mol. The Labute approximate surface area is 125 Å². The maximum atomic E-state index is 11.9. The first-order valence-corrected chi connectivity index (χ1v) is 6.22. The van der Waals surface area contributed by atoms with Crippen LogP contribution < -0.4 is 9.84 Å². The van der Waals surface area contributed by atoms with Gasteiger partial charge in [-0.15, -0.1) is 0 Å². The summed E-state index contributed by atoms with van der Waals surface area (Å²) in [7, 11) is 1.50. The van der Waals surface area contributed by atoms with Gasteiger partial charge >= 0.3 is 0 Å². The molecule has 21 heavy (non-hydrogen) atoms. The molecule has 0 saturated heterocycles. The summed E-state index contributed by atoms with van der Waals surface area (Å²) in [6.45, 7) is 0. The first-order valence-electron chi connectivity index (χ1n) is 5.85. The van der Waals surface area contributed by atoms with Gasteiger partial charge in [-0.05, 0) is 29.5 Å². The van der Waals surface area contributed by atoms with E-state index >= 15 is 0 Å². The average Bonchev–Trinajstić information content (AvgIpc) is 2.47. The summed E-state index contributed by atoms with van der Waals surface area (Å²) in [5.41, 5.74) is -0.0360.